The van der Waals surface area contributed by atoms with Crippen molar-refractivity contribution < 1.29 is 13.9 Å². The van der Waals surface area contributed by atoms with Crippen molar-refractivity contribution in [2.75, 3.05) is 11.9 Å². The highest BCUT2D eigenvalue weighted by molar-refractivity contribution is 6.04. The van der Waals surface area contributed by atoms with E-state index in [-0.39, 0.29) is 12.5 Å². The summed E-state index contributed by atoms with van der Waals surface area (Å²) in [6, 6.07) is 8.60. The molecule has 0 aliphatic heterocycles. The molecule has 0 saturated heterocycles. The SMILES string of the molecule is C#CCOc1cccc(NC(=O)c2ccoc2)c1. The van der Waals surface area contributed by atoms with Crippen LogP contribution in [0.4, 0.5) is 5.69 Å². The number of benzene rings is 1. The molecule has 0 aliphatic rings. The highest BCUT2D eigenvalue weighted by atomic mass is 16.5. The molecule has 0 saturated carbocycles. The number of rotatable bonds is 4. The van der Waals surface area contributed by atoms with Gasteiger partial charge in [0, 0.05) is 11.8 Å². The van der Waals surface area contributed by atoms with Crippen molar-refractivity contribution in [2.45, 2.75) is 0 Å². The van der Waals surface area contributed by atoms with Gasteiger partial charge in [-0.25, -0.2) is 0 Å². The molecular formula is C14H11NO3. The second-order valence-electron chi connectivity index (χ2n) is 3.49. The monoisotopic (exact) mass is 241 g/mol. The summed E-state index contributed by atoms with van der Waals surface area (Å²) in [6.07, 6.45) is 7.93. The maximum absolute atomic E-state index is 11.8. The predicted molar refractivity (Wildman–Crippen MR) is 67.4 cm³/mol. The summed E-state index contributed by atoms with van der Waals surface area (Å²) >= 11 is 0. The molecule has 2 aromatic rings. The summed E-state index contributed by atoms with van der Waals surface area (Å²) in [7, 11) is 0. The number of ether oxygens (including phenoxy) is 1. The number of hydrogen-bond donors (Lipinski definition) is 1. The third kappa shape index (κ3) is 2.92. The van der Waals surface area contributed by atoms with Crippen LogP contribution in [0, 0.1) is 12.3 Å². The fourth-order valence-corrected chi connectivity index (χ4v) is 1.39. The van der Waals surface area contributed by atoms with Crippen molar-refractivity contribution in [2.24, 2.45) is 0 Å². The summed E-state index contributed by atoms with van der Waals surface area (Å²) in [5, 5.41) is 2.73. The second-order valence-corrected chi connectivity index (χ2v) is 3.49. The lowest BCUT2D eigenvalue weighted by Crippen LogP contribution is -2.10. The first-order valence-corrected chi connectivity index (χ1v) is 5.29. The number of furan rings is 1. The van der Waals surface area contributed by atoms with Gasteiger partial charge in [-0.15, -0.1) is 6.42 Å². The lowest BCUT2D eigenvalue weighted by atomic mass is 10.2. The van der Waals surface area contributed by atoms with Gasteiger partial charge in [0.2, 0.25) is 0 Å². The molecule has 1 aromatic heterocycles. The first-order chi connectivity index (χ1) is 8.79. The Balaban J connectivity index is 2.05. The minimum Gasteiger partial charge on any atom is -0.481 e. The third-order valence-electron chi connectivity index (χ3n) is 2.20. The van der Waals surface area contributed by atoms with Gasteiger partial charge in [-0.05, 0) is 18.2 Å². The Labute approximate surface area is 105 Å². The topological polar surface area (TPSA) is 51.5 Å². The van der Waals surface area contributed by atoms with E-state index in [4.69, 9.17) is 15.6 Å². The van der Waals surface area contributed by atoms with Gasteiger partial charge >= 0.3 is 0 Å². The van der Waals surface area contributed by atoms with Crippen LogP contribution in [0.15, 0.2) is 47.3 Å². The van der Waals surface area contributed by atoms with Crippen LogP contribution >= 0.6 is 0 Å². The quantitative estimate of drug-likeness (QED) is 0.837. The Bertz CT molecular complexity index is 567. The number of amides is 1. The van der Waals surface area contributed by atoms with Gasteiger partial charge in [0.1, 0.15) is 18.6 Å². The first kappa shape index (κ1) is 11.8. The number of nitrogens with one attached hydrogen (secondary N) is 1. The van der Waals surface area contributed by atoms with Crippen LogP contribution in [0.25, 0.3) is 0 Å². The van der Waals surface area contributed by atoms with Gasteiger partial charge in [-0.2, -0.15) is 0 Å². The molecule has 90 valence electrons. The van der Waals surface area contributed by atoms with Crippen LogP contribution in [0.3, 0.4) is 0 Å². The maximum atomic E-state index is 11.8. The minimum absolute atomic E-state index is 0.194. The lowest BCUT2D eigenvalue weighted by Gasteiger charge is -2.06. The van der Waals surface area contributed by atoms with Crippen LogP contribution in [-0.4, -0.2) is 12.5 Å². The fourth-order valence-electron chi connectivity index (χ4n) is 1.39. The minimum atomic E-state index is -0.238. The molecule has 0 atom stereocenters. The Morgan fingerprint density at radius 3 is 3.06 bits per heavy atom. The molecule has 1 N–H and O–H groups in total. The van der Waals surface area contributed by atoms with Gasteiger partial charge in [-0.3, -0.25) is 4.79 Å². The van der Waals surface area contributed by atoms with E-state index in [1.54, 1.807) is 30.3 Å². The number of hydrogen-bond acceptors (Lipinski definition) is 3. The zero-order valence-corrected chi connectivity index (χ0v) is 9.55. The highest BCUT2D eigenvalue weighted by Crippen LogP contribution is 2.18. The van der Waals surface area contributed by atoms with Crippen LogP contribution in [0.5, 0.6) is 5.75 Å². The molecule has 4 nitrogen and oxygen atoms in total. The zero-order valence-electron chi connectivity index (χ0n) is 9.55. The summed E-state index contributed by atoms with van der Waals surface area (Å²) < 4.78 is 10.1. The van der Waals surface area contributed by atoms with Crippen molar-refractivity contribution in [1.29, 1.82) is 0 Å². The second kappa shape index (κ2) is 5.60. The Morgan fingerprint density at radius 1 is 1.44 bits per heavy atom. The molecule has 18 heavy (non-hydrogen) atoms. The molecule has 0 unspecified atom stereocenters. The molecule has 2 rings (SSSR count). The predicted octanol–water partition coefficient (Wildman–Crippen LogP) is 2.54. The molecule has 0 fully saturated rings. The van der Waals surface area contributed by atoms with Crippen LogP contribution in [0.1, 0.15) is 10.4 Å². The van der Waals surface area contributed by atoms with Crippen molar-refractivity contribution in [1.82, 2.24) is 0 Å². The molecule has 1 amide bonds. The van der Waals surface area contributed by atoms with Gasteiger partial charge < -0.3 is 14.5 Å². The molecular weight excluding hydrogens is 230 g/mol. The summed E-state index contributed by atoms with van der Waals surface area (Å²) in [5.41, 5.74) is 1.10. The Morgan fingerprint density at radius 2 is 2.33 bits per heavy atom. The van der Waals surface area contributed by atoms with E-state index < -0.39 is 0 Å². The van der Waals surface area contributed by atoms with E-state index >= 15 is 0 Å². The molecule has 1 aromatic carbocycles. The molecule has 4 heteroatoms. The number of carbonyl (C=O) groups excluding carboxylic acids is 1. The van der Waals surface area contributed by atoms with Crippen molar-refractivity contribution in [3.63, 3.8) is 0 Å². The van der Waals surface area contributed by atoms with E-state index in [0.717, 1.165) is 0 Å². The maximum Gasteiger partial charge on any atom is 0.258 e. The summed E-state index contributed by atoms with van der Waals surface area (Å²) in [4.78, 5) is 11.8. The fraction of sp³-hybridized carbons (Fsp3) is 0.0714. The van der Waals surface area contributed by atoms with Crippen molar-refractivity contribution in [3.05, 3.63) is 48.4 Å². The smallest absolute Gasteiger partial charge is 0.258 e. The van der Waals surface area contributed by atoms with Crippen LogP contribution in [0.2, 0.25) is 0 Å². The van der Waals surface area contributed by atoms with Gasteiger partial charge in [0.15, 0.2) is 0 Å². The average molecular weight is 241 g/mol. The molecule has 0 bridgehead atoms. The van der Waals surface area contributed by atoms with Gasteiger partial charge in [-0.1, -0.05) is 12.0 Å². The summed E-state index contributed by atoms with van der Waals surface area (Å²) in [5.74, 6) is 2.75. The lowest BCUT2D eigenvalue weighted by molar-refractivity contribution is 0.102. The largest absolute Gasteiger partial charge is 0.481 e. The van der Waals surface area contributed by atoms with E-state index in [1.165, 1.54) is 12.5 Å². The van der Waals surface area contributed by atoms with Crippen LogP contribution in [-0.2, 0) is 0 Å². The van der Waals surface area contributed by atoms with Crippen LogP contribution < -0.4 is 10.1 Å². The number of terminal acetylenes is 1. The first-order valence-electron chi connectivity index (χ1n) is 5.29. The molecule has 0 radical (unpaired) electrons. The van der Waals surface area contributed by atoms with E-state index in [9.17, 15) is 4.79 Å². The van der Waals surface area contributed by atoms with E-state index in [0.29, 0.717) is 17.0 Å². The molecule has 0 spiro atoms. The standard InChI is InChI=1S/C14H11NO3/c1-2-7-18-13-5-3-4-12(9-13)15-14(16)11-6-8-17-10-11/h1,3-6,8-10H,7H2,(H,15,16). The number of carbonyl (C=O) groups is 1. The Kier molecular flexibility index (Phi) is 3.67. The van der Waals surface area contributed by atoms with Crippen molar-refractivity contribution >= 4 is 11.6 Å². The van der Waals surface area contributed by atoms with Crippen molar-refractivity contribution in [3.8, 4) is 18.1 Å². The third-order valence-corrected chi connectivity index (χ3v) is 2.20. The molecule has 0 aliphatic carbocycles. The zero-order chi connectivity index (χ0) is 12.8. The number of anilines is 1. The normalized spacial score (nSPS) is 9.50. The average Bonchev–Trinajstić information content (AvgIpc) is 2.91. The Hall–Kier alpha value is -2.67. The van der Waals surface area contributed by atoms with Gasteiger partial charge in [0.05, 0.1) is 11.8 Å². The highest BCUT2D eigenvalue weighted by Gasteiger charge is 2.07. The van der Waals surface area contributed by atoms with E-state index in [1.807, 2.05) is 0 Å². The van der Waals surface area contributed by atoms with E-state index in [2.05, 4.69) is 11.2 Å². The summed E-state index contributed by atoms with van der Waals surface area (Å²) in [6.45, 7) is 0.194. The van der Waals surface area contributed by atoms with Gasteiger partial charge in [0.25, 0.3) is 5.91 Å². The molecule has 1 heterocycles.